The van der Waals surface area contributed by atoms with Gasteiger partial charge in [0.2, 0.25) is 0 Å². The summed E-state index contributed by atoms with van der Waals surface area (Å²) in [5.41, 5.74) is 2.27. The summed E-state index contributed by atoms with van der Waals surface area (Å²) in [4.78, 5) is 0. The monoisotopic (exact) mass is 228 g/mol. The zero-order valence-electron chi connectivity index (χ0n) is 9.03. The SMILES string of the molecule is C=C(C)CCc1cc(F)c(P)c(F)c1C. The van der Waals surface area contributed by atoms with Gasteiger partial charge in [0.15, 0.2) is 0 Å². The Morgan fingerprint density at radius 1 is 1.47 bits per heavy atom. The highest BCUT2D eigenvalue weighted by molar-refractivity contribution is 7.27. The molecule has 1 rings (SSSR count). The molecule has 1 aromatic carbocycles. The van der Waals surface area contributed by atoms with Crippen LogP contribution in [-0.4, -0.2) is 0 Å². The molecule has 0 aromatic heterocycles. The average molecular weight is 228 g/mol. The van der Waals surface area contributed by atoms with E-state index in [2.05, 4.69) is 15.8 Å². The van der Waals surface area contributed by atoms with Gasteiger partial charge < -0.3 is 0 Å². The fraction of sp³-hybridized carbons (Fsp3) is 0.333. The van der Waals surface area contributed by atoms with Crippen LogP contribution in [0, 0.1) is 18.6 Å². The van der Waals surface area contributed by atoms with Crippen LogP contribution in [0.3, 0.4) is 0 Å². The van der Waals surface area contributed by atoms with Crippen molar-refractivity contribution in [2.24, 2.45) is 0 Å². The van der Waals surface area contributed by atoms with Gasteiger partial charge in [-0.25, -0.2) is 8.78 Å². The van der Waals surface area contributed by atoms with E-state index in [1.807, 2.05) is 6.92 Å². The maximum atomic E-state index is 13.5. The number of aryl methyl sites for hydroxylation is 1. The highest BCUT2D eigenvalue weighted by atomic mass is 31.0. The summed E-state index contributed by atoms with van der Waals surface area (Å²) in [7, 11) is 2.09. The molecule has 0 amide bonds. The first-order valence-corrected chi connectivity index (χ1v) is 5.38. The van der Waals surface area contributed by atoms with E-state index >= 15 is 0 Å². The predicted octanol–water partition coefficient (Wildman–Crippen LogP) is 3.28. The van der Waals surface area contributed by atoms with E-state index in [0.717, 1.165) is 17.6 Å². The molecule has 1 atom stereocenters. The molecule has 0 fully saturated rings. The van der Waals surface area contributed by atoms with E-state index in [-0.39, 0.29) is 5.30 Å². The Morgan fingerprint density at radius 2 is 2.07 bits per heavy atom. The quantitative estimate of drug-likeness (QED) is 0.550. The minimum absolute atomic E-state index is 0.0200. The lowest BCUT2D eigenvalue weighted by atomic mass is 10.0. The van der Waals surface area contributed by atoms with Crippen LogP contribution in [0.15, 0.2) is 18.2 Å². The van der Waals surface area contributed by atoms with E-state index in [0.29, 0.717) is 12.0 Å². The molecule has 0 aliphatic rings. The number of hydrogen-bond donors (Lipinski definition) is 0. The molecule has 0 saturated carbocycles. The van der Waals surface area contributed by atoms with Crippen molar-refractivity contribution in [1.82, 2.24) is 0 Å². The molecule has 0 saturated heterocycles. The lowest BCUT2D eigenvalue weighted by Gasteiger charge is -2.09. The third-order valence-electron chi connectivity index (χ3n) is 2.43. The van der Waals surface area contributed by atoms with Gasteiger partial charge in [-0.1, -0.05) is 14.8 Å². The van der Waals surface area contributed by atoms with Gasteiger partial charge in [0.25, 0.3) is 0 Å². The Morgan fingerprint density at radius 3 is 2.60 bits per heavy atom. The molecule has 0 radical (unpaired) electrons. The Kier molecular flexibility index (Phi) is 3.98. The second-order valence-electron chi connectivity index (χ2n) is 3.83. The molecule has 15 heavy (non-hydrogen) atoms. The van der Waals surface area contributed by atoms with Crippen LogP contribution in [0.25, 0.3) is 0 Å². The Balaban J connectivity index is 3.04. The predicted molar refractivity (Wildman–Crippen MR) is 63.6 cm³/mol. The van der Waals surface area contributed by atoms with Gasteiger partial charge in [0.1, 0.15) is 11.6 Å². The maximum absolute atomic E-state index is 13.5. The van der Waals surface area contributed by atoms with Crippen LogP contribution in [0.1, 0.15) is 24.5 Å². The number of halogens is 2. The molecule has 0 N–H and O–H groups in total. The van der Waals surface area contributed by atoms with Gasteiger partial charge in [-0.05, 0) is 43.9 Å². The Bertz CT molecular complexity index is 397. The second kappa shape index (κ2) is 4.85. The number of allylic oxidation sites excluding steroid dienone is 1. The van der Waals surface area contributed by atoms with Crippen molar-refractivity contribution in [3.63, 3.8) is 0 Å². The number of rotatable bonds is 3. The first-order valence-electron chi connectivity index (χ1n) is 4.80. The largest absolute Gasteiger partial charge is 0.206 e. The molecule has 0 spiro atoms. The van der Waals surface area contributed by atoms with E-state index in [9.17, 15) is 8.78 Å². The second-order valence-corrected chi connectivity index (χ2v) is 4.40. The third-order valence-corrected chi connectivity index (χ3v) is 2.96. The zero-order chi connectivity index (χ0) is 11.6. The lowest BCUT2D eigenvalue weighted by molar-refractivity contribution is 0.588. The van der Waals surface area contributed by atoms with Crippen LogP contribution in [0.4, 0.5) is 8.78 Å². The molecular formula is C12H15F2P. The molecule has 0 heterocycles. The average Bonchev–Trinajstić information content (AvgIpc) is 2.18. The molecule has 0 nitrogen and oxygen atoms in total. The fourth-order valence-corrected chi connectivity index (χ4v) is 1.69. The molecular weight excluding hydrogens is 213 g/mol. The van der Waals surface area contributed by atoms with Crippen molar-refractivity contribution >= 4 is 14.5 Å². The maximum Gasteiger partial charge on any atom is 0.136 e. The van der Waals surface area contributed by atoms with Crippen LogP contribution in [-0.2, 0) is 6.42 Å². The van der Waals surface area contributed by atoms with Crippen molar-refractivity contribution < 1.29 is 8.78 Å². The van der Waals surface area contributed by atoms with E-state index in [4.69, 9.17) is 0 Å². The van der Waals surface area contributed by atoms with Gasteiger partial charge in [0, 0.05) is 5.30 Å². The minimum Gasteiger partial charge on any atom is -0.206 e. The van der Waals surface area contributed by atoms with E-state index in [1.54, 1.807) is 6.92 Å². The molecule has 0 bridgehead atoms. The number of hydrogen-bond acceptors (Lipinski definition) is 0. The van der Waals surface area contributed by atoms with Crippen molar-refractivity contribution in [3.8, 4) is 0 Å². The topological polar surface area (TPSA) is 0 Å². The summed E-state index contributed by atoms with van der Waals surface area (Å²) < 4.78 is 26.8. The highest BCUT2D eigenvalue weighted by Gasteiger charge is 2.12. The molecule has 3 heteroatoms. The summed E-state index contributed by atoms with van der Waals surface area (Å²) in [6.45, 7) is 7.36. The van der Waals surface area contributed by atoms with Crippen LogP contribution < -0.4 is 5.30 Å². The zero-order valence-corrected chi connectivity index (χ0v) is 10.2. The van der Waals surface area contributed by atoms with Gasteiger partial charge in [-0.3, -0.25) is 0 Å². The third kappa shape index (κ3) is 2.85. The Hall–Kier alpha value is -0.750. The van der Waals surface area contributed by atoms with Crippen molar-refractivity contribution in [3.05, 3.63) is 41.0 Å². The van der Waals surface area contributed by atoms with Gasteiger partial charge >= 0.3 is 0 Å². The molecule has 0 aliphatic heterocycles. The fourth-order valence-electron chi connectivity index (χ4n) is 1.39. The van der Waals surface area contributed by atoms with Gasteiger partial charge in [0.05, 0.1) is 0 Å². The summed E-state index contributed by atoms with van der Waals surface area (Å²) in [5, 5.41) is 0.0200. The molecule has 0 aliphatic carbocycles. The standard InChI is InChI=1S/C12H15F2P/c1-7(2)4-5-9-6-10(13)12(15)11(14)8(9)3/h6H,1,4-5,15H2,2-3H3. The normalized spacial score (nSPS) is 10.5. The summed E-state index contributed by atoms with van der Waals surface area (Å²) >= 11 is 0. The van der Waals surface area contributed by atoms with Crippen molar-refractivity contribution in [2.45, 2.75) is 26.7 Å². The number of benzene rings is 1. The first-order chi connectivity index (χ1) is 6.93. The van der Waals surface area contributed by atoms with Gasteiger partial charge in [-0.2, -0.15) is 0 Å². The molecule has 82 valence electrons. The van der Waals surface area contributed by atoms with Crippen molar-refractivity contribution in [1.29, 1.82) is 0 Å². The van der Waals surface area contributed by atoms with Crippen LogP contribution in [0.2, 0.25) is 0 Å². The summed E-state index contributed by atoms with van der Waals surface area (Å²) in [5.74, 6) is -0.962. The van der Waals surface area contributed by atoms with Crippen molar-refractivity contribution in [2.75, 3.05) is 0 Å². The summed E-state index contributed by atoms with van der Waals surface area (Å²) in [6.07, 6.45) is 1.40. The van der Waals surface area contributed by atoms with E-state index < -0.39 is 11.6 Å². The van der Waals surface area contributed by atoms with Crippen LogP contribution in [0.5, 0.6) is 0 Å². The lowest BCUT2D eigenvalue weighted by Crippen LogP contribution is -2.10. The smallest absolute Gasteiger partial charge is 0.136 e. The molecule has 1 unspecified atom stereocenters. The Labute approximate surface area is 91.6 Å². The van der Waals surface area contributed by atoms with Crippen LogP contribution >= 0.6 is 9.24 Å². The summed E-state index contributed by atoms with van der Waals surface area (Å²) in [6, 6.07) is 1.41. The van der Waals surface area contributed by atoms with E-state index in [1.165, 1.54) is 6.07 Å². The first kappa shape index (κ1) is 12.3. The highest BCUT2D eigenvalue weighted by Crippen LogP contribution is 2.18. The molecule has 1 aromatic rings. The van der Waals surface area contributed by atoms with Gasteiger partial charge in [-0.15, -0.1) is 6.58 Å². The minimum atomic E-state index is -0.500.